The van der Waals surface area contributed by atoms with Crippen LogP contribution in [0.4, 0.5) is 0 Å². The molecule has 0 aliphatic rings. The molecule has 114 valence electrons. The van der Waals surface area contributed by atoms with E-state index in [4.69, 9.17) is 0 Å². The highest BCUT2D eigenvalue weighted by atomic mass is 32.1. The zero-order valence-corrected chi connectivity index (χ0v) is 14.4. The van der Waals surface area contributed by atoms with E-state index in [1.807, 2.05) is 54.4 Å². The Hall–Kier alpha value is -1.92. The van der Waals surface area contributed by atoms with Crippen LogP contribution in [0.3, 0.4) is 0 Å². The van der Waals surface area contributed by atoms with Crippen molar-refractivity contribution in [3.8, 4) is 5.13 Å². The van der Waals surface area contributed by atoms with E-state index in [1.165, 1.54) is 4.88 Å². The molecule has 0 saturated heterocycles. The topological polar surface area (TPSA) is 38.1 Å². The molecule has 1 amide bonds. The number of rotatable bonds is 4. The third kappa shape index (κ3) is 2.71. The molecule has 0 N–H and O–H groups in total. The first-order valence-corrected chi connectivity index (χ1v) is 8.70. The number of aromatic nitrogens is 2. The lowest BCUT2D eigenvalue weighted by Crippen LogP contribution is -2.26. The maximum atomic E-state index is 12.7. The molecule has 3 aromatic rings. The molecule has 0 aliphatic heterocycles. The first kappa shape index (κ1) is 15.0. The molecule has 0 spiro atoms. The zero-order chi connectivity index (χ0) is 15.7. The predicted octanol–water partition coefficient (Wildman–Crippen LogP) is 3.88. The van der Waals surface area contributed by atoms with Crippen LogP contribution >= 0.6 is 22.7 Å². The van der Waals surface area contributed by atoms with Crippen molar-refractivity contribution in [2.75, 3.05) is 7.05 Å². The van der Waals surface area contributed by atoms with Crippen LogP contribution in [0.15, 0.2) is 35.2 Å². The third-order valence-electron chi connectivity index (χ3n) is 3.59. The quantitative estimate of drug-likeness (QED) is 0.727. The van der Waals surface area contributed by atoms with Crippen LogP contribution in [0.2, 0.25) is 0 Å². The minimum atomic E-state index is 0.0457. The Labute approximate surface area is 137 Å². The van der Waals surface area contributed by atoms with Crippen LogP contribution in [0.25, 0.3) is 5.13 Å². The van der Waals surface area contributed by atoms with Crippen molar-refractivity contribution >= 4 is 28.6 Å². The number of amides is 1. The van der Waals surface area contributed by atoms with E-state index in [1.54, 1.807) is 33.8 Å². The van der Waals surface area contributed by atoms with E-state index in [9.17, 15) is 4.79 Å². The lowest BCUT2D eigenvalue weighted by atomic mass is 10.2. The molecule has 0 fully saturated rings. The van der Waals surface area contributed by atoms with Crippen molar-refractivity contribution in [2.45, 2.75) is 20.4 Å². The number of aryl methyl sites for hydroxylation is 1. The predicted molar refractivity (Wildman–Crippen MR) is 91.0 cm³/mol. The van der Waals surface area contributed by atoms with E-state index < -0.39 is 0 Å². The van der Waals surface area contributed by atoms with Crippen molar-refractivity contribution in [3.05, 3.63) is 57.0 Å². The van der Waals surface area contributed by atoms with Gasteiger partial charge in [-0.2, -0.15) is 0 Å². The summed E-state index contributed by atoms with van der Waals surface area (Å²) in [6.45, 7) is 4.61. The fourth-order valence-corrected chi connectivity index (χ4v) is 4.02. The van der Waals surface area contributed by atoms with E-state index in [-0.39, 0.29) is 5.91 Å². The maximum absolute atomic E-state index is 12.7. The smallest absolute Gasteiger partial charge is 0.255 e. The molecular weight excluding hydrogens is 314 g/mol. The monoisotopic (exact) mass is 331 g/mol. The summed E-state index contributed by atoms with van der Waals surface area (Å²) in [4.78, 5) is 20.0. The van der Waals surface area contributed by atoms with Gasteiger partial charge in [0.25, 0.3) is 5.91 Å². The lowest BCUT2D eigenvalue weighted by Gasteiger charge is -2.16. The van der Waals surface area contributed by atoms with Crippen LogP contribution in [0.5, 0.6) is 0 Å². The summed E-state index contributed by atoms with van der Waals surface area (Å²) >= 11 is 3.24. The molecule has 0 radical (unpaired) electrons. The summed E-state index contributed by atoms with van der Waals surface area (Å²) in [5.41, 5.74) is 2.71. The fourth-order valence-electron chi connectivity index (χ4n) is 2.51. The molecule has 3 rings (SSSR count). The number of carbonyl (C=O) groups is 1. The van der Waals surface area contributed by atoms with Gasteiger partial charge in [0.15, 0.2) is 5.13 Å². The van der Waals surface area contributed by atoms with Crippen LogP contribution in [0.1, 0.15) is 26.6 Å². The summed E-state index contributed by atoms with van der Waals surface area (Å²) in [5, 5.41) is 4.87. The number of nitrogens with zero attached hydrogens (tertiary/aromatic N) is 3. The highest BCUT2D eigenvalue weighted by molar-refractivity contribution is 7.12. The van der Waals surface area contributed by atoms with Gasteiger partial charge in [0.2, 0.25) is 0 Å². The summed E-state index contributed by atoms with van der Waals surface area (Å²) in [5.74, 6) is 0.0457. The first-order valence-electron chi connectivity index (χ1n) is 6.94. The number of thiazole rings is 1. The molecule has 3 aromatic heterocycles. The Balaban J connectivity index is 1.89. The minimum absolute atomic E-state index is 0.0457. The summed E-state index contributed by atoms with van der Waals surface area (Å²) < 4.78 is 2.04. The highest BCUT2D eigenvalue weighted by Crippen LogP contribution is 2.23. The van der Waals surface area contributed by atoms with Crippen molar-refractivity contribution in [3.63, 3.8) is 0 Å². The molecule has 0 aromatic carbocycles. The van der Waals surface area contributed by atoms with Crippen molar-refractivity contribution < 1.29 is 4.79 Å². The Morgan fingerprint density at radius 2 is 2.14 bits per heavy atom. The van der Waals surface area contributed by atoms with Gasteiger partial charge in [0.05, 0.1) is 12.1 Å². The van der Waals surface area contributed by atoms with E-state index >= 15 is 0 Å². The molecule has 4 nitrogen and oxygen atoms in total. The van der Waals surface area contributed by atoms with Gasteiger partial charge in [-0.05, 0) is 31.4 Å². The second-order valence-electron chi connectivity index (χ2n) is 5.18. The van der Waals surface area contributed by atoms with Gasteiger partial charge in [0, 0.05) is 34.9 Å². The van der Waals surface area contributed by atoms with Gasteiger partial charge in [0.1, 0.15) is 0 Å². The largest absolute Gasteiger partial charge is 0.337 e. The van der Waals surface area contributed by atoms with E-state index in [0.717, 1.165) is 22.1 Å². The first-order chi connectivity index (χ1) is 10.6. The van der Waals surface area contributed by atoms with Gasteiger partial charge >= 0.3 is 0 Å². The summed E-state index contributed by atoms with van der Waals surface area (Å²) in [6, 6.07) is 6.00. The standard InChI is InChI=1S/C16H17N3OS2/c1-11-9-14(12(2)19(11)16-17-6-8-22-16)15(20)18(3)10-13-5-4-7-21-13/h4-9H,10H2,1-3H3. The Morgan fingerprint density at radius 3 is 2.77 bits per heavy atom. The molecule has 6 heteroatoms. The number of hydrogen-bond donors (Lipinski definition) is 0. The maximum Gasteiger partial charge on any atom is 0.255 e. The third-order valence-corrected chi connectivity index (χ3v) is 5.21. The van der Waals surface area contributed by atoms with Crippen molar-refractivity contribution in [2.24, 2.45) is 0 Å². The number of hydrogen-bond acceptors (Lipinski definition) is 4. The van der Waals surface area contributed by atoms with E-state index in [2.05, 4.69) is 4.98 Å². The molecule has 22 heavy (non-hydrogen) atoms. The van der Waals surface area contributed by atoms with Gasteiger partial charge in [-0.25, -0.2) is 4.98 Å². The average molecular weight is 331 g/mol. The minimum Gasteiger partial charge on any atom is -0.337 e. The van der Waals surface area contributed by atoms with Crippen LogP contribution < -0.4 is 0 Å². The summed E-state index contributed by atoms with van der Waals surface area (Å²) in [6.07, 6.45) is 1.78. The number of carbonyl (C=O) groups excluding carboxylic acids is 1. The molecule has 0 saturated carbocycles. The molecule has 0 unspecified atom stereocenters. The second kappa shape index (κ2) is 6.06. The van der Waals surface area contributed by atoms with Crippen molar-refractivity contribution in [1.82, 2.24) is 14.5 Å². The normalized spacial score (nSPS) is 10.9. The van der Waals surface area contributed by atoms with Crippen LogP contribution in [-0.4, -0.2) is 27.4 Å². The zero-order valence-electron chi connectivity index (χ0n) is 12.7. The highest BCUT2D eigenvalue weighted by Gasteiger charge is 2.20. The molecular formula is C16H17N3OS2. The number of thiophene rings is 1. The Bertz CT molecular complexity index is 773. The van der Waals surface area contributed by atoms with Gasteiger partial charge < -0.3 is 4.90 Å². The van der Waals surface area contributed by atoms with Crippen LogP contribution in [0, 0.1) is 13.8 Å². The average Bonchev–Trinajstić information content (AvgIpc) is 3.20. The molecule has 0 atom stereocenters. The molecule has 3 heterocycles. The lowest BCUT2D eigenvalue weighted by molar-refractivity contribution is 0.0786. The van der Waals surface area contributed by atoms with Gasteiger partial charge in [-0.3, -0.25) is 9.36 Å². The fraction of sp³-hybridized carbons (Fsp3) is 0.250. The van der Waals surface area contributed by atoms with Crippen LogP contribution in [-0.2, 0) is 6.54 Å². The molecule has 0 aliphatic carbocycles. The van der Waals surface area contributed by atoms with Crippen molar-refractivity contribution in [1.29, 1.82) is 0 Å². The molecule has 0 bridgehead atoms. The Morgan fingerprint density at radius 1 is 1.32 bits per heavy atom. The van der Waals surface area contributed by atoms with Gasteiger partial charge in [-0.15, -0.1) is 22.7 Å². The second-order valence-corrected chi connectivity index (χ2v) is 7.08. The van der Waals surface area contributed by atoms with Gasteiger partial charge in [-0.1, -0.05) is 6.07 Å². The Kier molecular flexibility index (Phi) is 4.13. The summed E-state index contributed by atoms with van der Waals surface area (Å²) in [7, 11) is 1.84. The SMILES string of the molecule is Cc1cc(C(=O)N(C)Cc2cccs2)c(C)n1-c1nccs1. The van der Waals surface area contributed by atoms with E-state index in [0.29, 0.717) is 6.54 Å².